The number of hydrogen-bond donors (Lipinski definition) is 2. The molecule has 0 aliphatic carbocycles. The van der Waals surface area contributed by atoms with Crippen molar-refractivity contribution in [2.24, 2.45) is 0 Å². The molecule has 0 bridgehead atoms. The Kier molecular flexibility index (Phi) is 4.35. The van der Waals surface area contributed by atoms with Crippen molar-refractivity contribution in [1.82, 2.24) is 9.88 Å². The lowest BCUT2D eigenvalue weighted by Gasteiger charge is -2.18. The van der Waals surface area contributed by atoms with Gasteiger partial charge in [0.2, 0.25) is 0 Å². The number of nitrogen functional groups attached to an aromatic ring is 1. The molecule has 0 radical (unpaired) electrons. The summed E-state index contributed by atoms with van der Waals surface area (Å²) in [6, 6.07) is 5.60. The summed E-state index contributed by atoms with van der Waals surface area (Å²) in [4.78, 5) is 6.31. The molecule has 1 aromatic rings. The first kappa shape index (κ1) is 10.9. The lowest BCUT2D eigenvalue weighted by molar-refractivity contribution is 0.195. The molecular formula is C10H17N3O. The van der Waals surface area contributed by atoms with Gasteiger partial charge in [-0.2, -0.15) is 0 Å². The van der Waals surface area contributed by atoms with Crippen molar-refractivity contribution in [1.29, 1.82) is 0 Å². The van der Waals surface area contributed by atoms with Crippen LogP contribution in [0.5, 0.6) is 0 Å². The van der Waals surface area contributed by atoms with Crippen molar-refractivity contribution >= 4 is 5.82 Å². The third kappa shape index (κ3) is 3.32. The van der Waals surface area contributed by atoms with Gasteiger partial charge in [0.1, 0.15) is 5.82 Å². The van der Waals surface area contributed by atoms with E-state index in [4.69, 9.17) is 10.8 Å². The number of pyridine rings is 1. The van der Waals surface area contributed by atoms with Crippen LogP contribution >= 0.6 is 0 Å². The van der Waals surface area contributed by atoms with Crippen LogP contribution < -0.4 is 5.73 Å². The summed E-state index contributed by atoms with van der Waals surface area (Å²) < 4.78 is 0. The van der Waals surface area contributed by atoms with Crippen molar-refractivity contribution in [2.75, 3.05) is 25.4 Å². The van der Waals surface area contributed by atoms with Crippen molar-refractivity contribution in [3.05, 3.63) is 23.9 Å². The molecular weight excluding hydrogens is 178 g/mol. The molecule has 14 heavy (non-hydrogen) atoms. The molecule has 0 amide bonds. The van der Waals surface area contributed by atoms with Gasteiger partial charge in [0, 0.05) is 13.1 Å². The topological polar surface area (TPSA) is 62.4 Å². The molecule has 0 aliphatic heterocycles. The zero-order valence-corrected chi connectivity index (χ0v) is 8.48. The van der Waals surface area contributed by atoms with Gasteiger partial charge in [-0.3, -0.25) is 4.90 Å². The minimum atomic E-state index is 0.177. The van der Waals surface area contributed by atoms with Gasteiger partial charge in [0.25, 0.3) is 0 Å². The fraction of sp³-hybridized carbons (Fsp3) is 0.500. The average molecular weight is 195 g/mol. The Morgan fingerprint density at radius 3 is 2.86 bits per heavy atom. The molecule has 0 fully saturated rings. The normalized spacial score (nSPS) is 10.8. The highest BCUT2D eigenvalue weighted by molar-refractivity contribution is 5.28. The smallest absolute Gasteiger partial charge is 0.123 e. The van der Waals surface area contributed by atoms with Crippen LogP contribution in [-0.2, 0) is 6.54 Å². The summed E-state index contributed by atoms with van der Waals surface area (Å²) >= 11 is 0. The highest BCUT2D eigenvalue weighted by Gasteiger charge is 2.03. The van der Waals surface area contributed by atoms with E-state index in [1.54, 1.807) is 6.07 Å². The zero-order chi connectivity index (χ0) is 10.4. The summed E-state index contributed by atoms with van der Waals surface area (Å²) in [6.45, 7) is 4.55. The zero-order valence-electron chi connectivity index (χ0n) is 8.48. The molecule has 1 heterocycles. The monoisotopic (exact) mass is 195 g/mol. The number of aliphatic hydroxyl groups is 1. The number of likely N-dealkylation sites (N-methyl/N-ethyl adjacent to an activating group) is 1. The van der Waals surface area contributed by atoms with Crippen LogP contribution in [0.4, 0.5) is 5.82 Å². The Morgan fingerprint density at radius 1 is 1.50 bits per heavy atom. The van der Waals surface area contributed by atoms with E-state index in [1.165, 1.54) is 0 Å². The molecule has 0 unspecified atom stereocenters. The van der Waals surface area contributed by atoms with E-state index in [1.807, 2.05) is 12.1 Å². The predicted molar refractivity (Wildman–Crippen MR) is 56.7 cm³/mol. The number of aliphatic hydroxyl groups excluding tert-OH is 1. The van der Waals surface area contributed by atoms with Gasteiger partial charge in [0.05, 0.1) is 12.3 Å². The number of anilines is 1. The van der Waals surface area contributed by atoms with Crippen LogP contribution in [0.1, 0.15) is 12.6 Å². The molecule has 0 saturated carbocycles. The summed E-state index contributed by atoms with van der Waals surface area (Å²) in [5.41, 5.74) is 6.52. The third-order valence-electron chi connectivity index (χ3n) is 2.08. The van der Waals surface area contributed by atoms with Crippen molar-refractivity contribution in [3.8, 4) is 0 Å². The van der Waals surface area contributed by atoms with Crippen molar-refractivity contribution in [3.63, 3.8) is 0 Å². The van der Waals surface area contributed by atoms with E-state index < -0.39 is 0 Å². The van der Waals surface area contributed by atoms with Gasteiger partial charge < -0.3 is 10.8 Å². The van der Waals surface area contributed by atoms with E-state index in [2.05, 4.69) is 16.8 Å². The highest BCUT2D eigenvalue weighted by Crippen LogP contribution is 2.04. The quantitative estimate of drug-likeness (QED) is 0.717. The molecule has 0 aliphatic rings. The summed E-state index contributed by atoms with van der Waals surface area (Å²) in [7, 11) is 0. The number of nitrogens with zero attached hydrogens (tertiary/aromatic N) is 2. The Balaban J connectivity index is 2.57. The number of hydrogen-bond acceptors (Lipinski definition) is 4. The fourth-order valence-electron chi connectivity index (χ4n) is 1.31. The Hall–Kier alpha value is -1.13. The first-order chi connectivity index (χ1) is 6.76. The minimum absolute atomic E-state index is 0.177. The van der Waals surface area contributed by atoms with E-state index in [9.17, 15) is 0 Å². The van der Waals surface area contributed by atoms with E-state index in [-0.39, 0.29) is 6.61 Å². The lowest BCUT2D eigenvalue weighted by Crippen LogP contribution is -2.26. The van der Waals surface area contributed by atoms with Crippen molar-refractivity contribution < 1.29 is 5.11 Å². The fourth-order valence-corrected chi connectivity index (χ4v) is 1.31. The Morgan fingerprint density at radius 2 is 2.29 bits per heavy atom. The number of nitrogens with two attached hydrogens (primary N) is 1. The standard InChI is InChI=1S/C10H17N3O/c1-2-13(6-7-14)8-9-4-3-5-10(11)12-9/h3-5,14H,2,6-8H2,1H3,(H2,11,12). The molecule has 0 atom stereocenters. The maximum absolute atomic E-state index is 8.81. The molecule has 4 nitrogen and oxygen atoms in total. The van der Waals surface area contributed by atoms with Gasteiger partial charge in [-0.25, -0.2) is 4.98 Å². The molecule has 4 heteroatoms. The van der Waals surface area contributed by atoms with Gasteiger partial charge in [-0.15, -0.1) is 0 Å². The number of rotatable bonds is 5. The van der Waals surface area contributed by atoms with E-state index in [0.717, 1.165) is 18.8 Å². The maximum atomic E-state index is 8.81. The van der Waals surface area contributed by atoms with Gasteiger partial charge in [-0.05, 0) is 18.7 Å². The summed E-state index contributed by atoms with van der Waals surface area (Å²) in [5, 5.41) is 8.81. The molecule has 0 aromatic carbocycles. The first-order valence-corrected chi connectivity index (χ1v) is 4.81. The third-order valence-corrected chi connectivity index (χ3v) is 2.08. The summed E-state index contributed by atoms with van der Waals surface area (Å²) in [6.07, 6.45) is 0. The van der Waals surface area contributed by atoms with Crippen LogP contribution in [0.3, 0.4) is 0 Å². The molecule has 0 spiro atoms. The number of aromatic nitrogens is 1. The molecule has 1 rings (SSSR count). The molecule has 0 saturated heterocycles. The van der Waals surface area contributed by atoms with Crippen LogP contribution in [0.25, 0.3) is 0 Å². The lowest BCUT2D eigenvalue weighted by atomic mass is 10.3. The SMILES string of the molecule is CCN(CCO)Cc1cccc(N)n1. The second-order valence-corrected chi connectivity index (χ2v) is 3.15. The second kappa shape index (κ2) is 5.57. The first-order valence-electron chi connectivity index (χ1n) is 4.81. The second-order valence-electron chi connectivity index (χ2n) is 3.15. The Labute approximate surface area is 84.4 Å². The summed E-state index contributed by atoms with van der Waals surface area (Å²) in [5.74, 6) is 0.544. The average Bonchev–Trinajstić information content (AvgIpc) is 2.17. The van der Waals surface area contributed by atoms with Gasteiger partial charge in [0.15, 0.2) is 0 Å². The van der Waals surface area contributed by atoms with Crippen LogP contribution in [0.2, 0.25) is 0 Å². The van der Waals surface area contributed by atoms with Crippen molar-refractivity contribution in [2.45, 2.75) is 13.5 Å². The van der Waals surface area contributed by atoms with E-state index in [0.29, 0.717) is 12.4 Å². The Bertz CT molecular complexity index is 278. The maximum Gasteiger partial charge on any atom is 0.123 e. The van der Waals surface area contributed by atoms with Crippen LogP contribution in [-0.4, -0.2) is 34.7 Å². The predicted octanol–water partition coefficient (Wildman–Crippen LogP) is 0.478. The molecule has 78 valence electrons. The van der Waals surface area contributed by atoms with Gasteiger partial charge in [-0.1, -0.05) is 13.0 Å². The van der Waals surface area contributed by atoms with Gasteiger partial charge >= 0.3 is 0 Å². The van der Waals surface area contributed by atoms with Crippen LogP contribution in [0, 0.1) is 0 Å². The highest BCUT2D eigenvalue weighted by atomic mass is 16.3. The van der Waals surface area contributed by atoms with E-state index >= 15 is 0 Å². The molecule has 1 aromatic heterocycles. The van der Waals surface area contributed by atoms with Crippen LogP contribution in [0.15, 0.2) is 18.2 Å². The molecule has 3 N–H and O–H groups in total. The largest absolute Gasteiger partial charge is 0.395 e. The minimum Gasteiger partial charge on any atom is -0.395 e.